The minimum Gasteiger partial charge on any atom is -0.383 e. The van der Waals surface area contributed by atoms with Crippen molar-refractivity contribution < 1.29 is 4.79 Å². The molecule has 1 aliphatic carbocycles. The minimum atomic E-state index is 0.218. The Morgan fingerprint density at radius 1 is 1.38 bits per heavy atom. The number of rotatable bonds is 3. The number of hydrogen-bond acceptors (Lipinski definition) is 3. The van der Waals surface area contributed by atoms with Gasteiger partial charge >= 0.3 is 0 Å². The highest BCUT2D eigenvalue weighted by molar-refractivity contribution is 6.11. The van der Waals surface area contributed by atoms with Crippen LogP contribution in [0.1, 0.15) is 47.3 Å². The molecule has 1 heterocycles. The van der Waals surface area contributed by atoms with Gasteiger partial charge in [0.05, 0.1) is 0 Å². The lowest BCUT2D eigenvalue weighted by Gasteiger charge is -2.41. The molecule has 0 N–H and O–H groups in total. The second-order valence-electron chi connectivity index (χ2n) is 6.33. The van der Waals surface area contributed by atoms with E-state index >= 15 is 0 Å². The molecule has 3 heteroatoms. The number of carbonyl (C=O) groups is 1. The van der Waals surface area contributed by atoms with Gasteiger partial charge in [0.15, 0.2) is 5.78 Å². The van der Waals surface area contributed by atoms with E-state index in [1.807, 2.05) is 37.3 Å². The van der Waals surface area contributed by atoms with E-state index in [2.05, 4.69) is 17.9 Å². The molecule has 1 aliphatic heterocycles. The number of nitrogens with zero attached hydrogens (tertiary/aromatic N) is 2. The van der Waals surface area contributed by atoms with Crippen LogP contribution >= 0.6 is 0 Å². The van der Waals surface area contributed by atoms with Gasteiger partial charge in [-0.05, 0) is 36.9 Å². The van der Waals surface area contributed by atoms with Crippen LogP contribution in [0.15, 0.2) is 30.0 Å². The maximum absolute atomic E-state index is 12.7. The molecule has 0 saturated heterocycles. The first-order valence-electron chi connectivity index (χ1n) is 7.89. The Bertz CT molecular complexity index is 589. The van der Waals surface area contributed by atoms with Crippen molar-refractivity contribution in [1.82, 2.24) is 9.80 Å². The zero-order valence-electron chi connectivity index (χ0n) is 13.2. The van der Waals surface area contributed by atoms with Crippen molar-refractivity contribution >= 4 is 5.78 Å². The normalized spacial score (nSPS) is 23.3. The highest BCUT2D eigenvalue weighted by Crippen LogP contribution is 2.41. The average molecular weight is 284 g/mol. The Hall–Kier alpha value is -1.61. The van der Waals surface area contributed by atoms with Crippen molar-refractivity contribution in [3.63, 3.8) is 0 Å². The molecule has 1 atom stereocenters. The van der Waals surface area contributed by atoms with E-state index in [0.29, 0.717) is 6.04 Å². The molecule has 0 spiro atoms. The third kappa shape index (κ3) is 2.51. The standard InChI is InChI=1S/C18H24N2O/c1-4-9-20-10-8-13-6-5-7-15-17(13)16(20)11-14(18(15)21)12-19(2)3/h5-7,12,16H,4,8-11H2,1-3H3/b14-12+. The maximum Gasteiger partial charge on any atom is 0.190 e. The third-order valence-corrected chi connectivity index (χ3v) is 4.51. The predicted octanol–water partition coefficient (Wildman–Crippen LogP) is 3.03. The quantitative estimate of drug-likeness (QED) is 0.797. The summed E-state index contributed by atoms with van der Waals surface area (Å²) in [6.45, 7) is 4.45. The number of Topliss-reactive ketones (excluding diaryl/α,β-unsaturated/α-hetero) is 1. The first-order chi connectivity index (χ1) is 10.1. The highest BCUT2D eigenvalue weighted by atomic mass is 16.1. The molecule has 0 aromatic heterocycles. The van der Waals surface area contributed by atoms with Crippen LogP contribution in [-0.2, 0) is 6.42 Å². The van der Waals surface area contributed by atoms with Crippen molar-refractivity contribution in [3.8, 4) is 0 Å². The summed E-state index contributed by atoms with van der Waals surface area (Å²) in [6, 6.07) is 6.63. The largest absolute Gasteiger partial charge is 0.383 e. The smallest absolute Gasteiger partial charge is 0.190 e. The summed E-state index contributed by atoms with van der Waals surface area (Å²) in [5, 5.41) is 0. The van der Waals surface area contributed by atoms with E-state index in [0.717, 1.165) is 43.5 Å². The van der Waals surface area contributed by atoms with Gasteiger partial charge in [-0.25, -0.2) is 0 Å². The fourth-order valence-electron chi connectivity index (χ4n) is 3.71. The lowest BCUT2D eigenvalue weighted by Crippen LogP contribution is -2.40. The van der Waals surface area contributed by atoms with E-state index in [1.165, 1.54) is 11.1 Å². The molecule has 1 aromatic carbocycles. The van der Waals surface area contributed by atoms with Crippen molar-refractivity contribution in [2.24, 2.45) is 0 Å². The molecule has 3 rings (SSSR count). The fourth-order valence-corrected chi connectivity index (χ4v) is 3.71. The molecule has 21 heavy (non-hydrogen) atoms. The number of hydrogen-bond donors (Lipinski definition) is 0. The summed E-state index contributed by atoms with van der Waals surface area (Å²) in [5.41, 5.74) is 4.55. The topological polar surface area (TPSA) is 23.6 Å². The van der Waals surface area contributed by atoms with Crippen LogP contribution in [0.25, 0.3) is 0 Å². The van der Waals surface area contributed by atoms with Crippen LogP contribution in [0.2, 0.25) is 0 Å². The van der Waals surface area contributed by atoms with Gasteiger partial charge in [0.1, 0.15) is 0 Å². The van der Waals surface area contributed by atoms with Crippen LogP contribution in [0, 0.1) is 0 Å². The molecular formula is C18H24N2O. The zero-order chi connectivity index (χ0) is 15.0. The third-order valence-electron chi connectivity index (χ3n) is 4.51. The highest BCUT2D eigenvalue weighted by Gasteiger charge is 2.36. The average Bonchev–Trinajstić information content (AvgIpc) is 2.46. The van der Waals surface area contributed by atoms with E-state index in [4.69, 9.17) is 0 Å². The summed E-state index contributed by atoms with van der Waals surface area (Å²) in [4.78, 5) is 17.3. The minimum absolute atomic E-state index is 0.218. The first-order valence-corrected chi connectivity index (χ1v) is 7.89. The van der Waals surface area contributed by atoms with Gasteiger partial charge in [-0.15, -0.1) is 0 Å². The van der Waals surface area contributed by atoms with E-state index in [-0.39, 0.29) is 5.78 Å². The Labute approximate surface area is 127 Å². The van der Waals surface area contributed by atoms with Crippen molar-refractivity contribution in [2.45, 2.75) is 32.2 Å². The van der Waals surface area contributed by atoms with Gasteiger partial charge in [-0.1, -0.05) is 25.1 Å². The Morgan fingerprint density at radius 2 is 2.19 bits per heavy atom. The van der Waals surface area contributed by atoms with Gasteiger partial charge in [-0.3, -0.25) is 9.69 Å². The maximum atomic E-state index is 12.7. The summed E-state index contributed by atoms with van der Waals surface area (Å²) >= 11 is 0. The van der Waals surface area contributed by atoms with Gasteiger partial charge < -0.3 is 4.90 Å². The number of benzene rings is 1. The van der Waals surface area contributed by atoms with Crippen LogP contribution in [0.3, 0.4) is 0 Å². The molecule has 2 aliphatic rings. The summed E-state index contributed by atoms with van der Waals surface area (Å²) in [6.07, 6.45) is 5.08. The Kier molecular flexibility index (Phi) is 3.85. The van der Waals surface area contributed by atoms with Gasteiger partial charge in [0.25, 0.3) is 0 Å². The lowest BCUT2D eigenvalue weighted by atomic mass is 9.77. The molecule has 0 saturated carbocycles. The van der Waals surface area contributed by atoms with E-state index < -0.39 is 0 Å². The monoisotopic (exact) mass is 284 g/mol. The zero-order valence-corrected chi connectivity index (χ0v) is 13.2. The molecule has 3 nitrogen and oxygen atoms in total. The van der Waals surface area contributed by atoms with Crippen LogP contribution < -0.4 is 0 Å². The summed E-state index contributed by atoms with van der Waals surface area (Å²) in [5.74, 6) is 0.218. The SMILES string of the molecule is CCCN1CCc2cccc3c2C1C/C(=C\N(C)C)C3=O. The Balaban J connectivity index is 2.09. The van der Waals surface area contributed by atoms with Crippen LogP contribution in [0.4, 0.5) is 0 Å². The molecular weight excluding hydrogens is 260 g/mol. The van der Waals surface area contributed by atoms with Crippen molar-refractivity contribution in [3.05, 3.63) is 46.7 Å². The number of carbonyl (C=O) groups excluding carboxylic acids is 1. The number of ketones is 1. The molecule has 0 radical (unpaired) electrons. The summed E-state index contributed by atoms with van der Waals surface area (Å²) in [7, 11) is 3.97. The molecule has 1 unspecified atom stereocenters. The van der Waals surface area contributed by atoms with E-state index in [1.54, 1.807) is 0 Å². The second-order valence-corrected chi connectivity index (χ2v) is 6.33. The van der Waals surface area contributed by atoms with Gasteiger partial charge in [0.2, 0.25) is 0 Å². The Morgan fingerprint density at radius 3 is 2.90 bits per heavy atom. The molecule has 0 bridgehead atoms. The fraction of sp³-hybridized carbons (Fsp3) is 0.500. The summed E-state index contributed by atoms with van der Waals surface area (Å²) < 4.78 is 0. The predicted molar refractivity (Wildman–Crippen MR) is 85.5 cm³/mol. The lowest BCUT2D eigenvalue weighted by molar-refractivity contribution is 0.0986. The molecule has 1 aromatic rings. The molecule has 112 valence electrons. The second kappa shape index (κ2) is 5.64. The molecule has 0 amide bonds. The molecule has 0 fully saturated rings. The van der Waals surface area contributed by atoms with Crippen LogP contribution in [-0.4, -0.2) is 42.8 Å². The van der Waals surface area contributed by atoms with Gasteiger partial charge in [-0.2, -0.15) is 0 Å². The first kappa shape index (κ1) is 14.3. The van der Waals surface area contributed by atoms with Crippen molar-refractivity contribution in [2.75, 3.05) is 27.2 Å². The van der Waals surface area contributed by atoms with Gasteiger partial charge in [0, 0.05) is 44.0 Å². The van der Waals surface area contributed by atoms with E-state index in [9.17, 15) is 4.79 Å². The van der Waals surface area contributed by atoms with Crippen LogP contribution in [0.5, 0.6) is 0 Å². The van der Waals surface area contributed by atoms with Crippen molar-refractivity contribution in [1.29, 1.82) is 0 Å².